The Kier molecular flexibility index (Phi) is 8.69. The normalized spacial score (nSPS) is 15.1. The molecule has 0 spiro atoms. The van der Waals surface area contributed by atoms with Crippen LogP contribution >= 0.6 is 11.6 Å². The van der Waals surface area contributed by atoms with Crippen molar-refractivity contribution in [3.05, 3.63) is 83.1 Å². The highest BCUT2D eigenvalue weighted by atomic mass is 35.5. The van der Waals surface area contributed by atoms with Crippen molar-refractivity contribution in [2.24, 2.45) is 0 Å². The van der Waals surface area contributed by atoms with Crippen molar-refractivity contribution in [2.45, 2.75) is 18.6 Å². The van der Waals surface area contributed by atoms with Gasteiger partial charge in [-0.05, 0) is 69.0 Å². The molecule has 0 saturated carbocycles. The summed E-state index contributed by atoms with van der Waals surface area (Å²) in [5.74, 6) is 0.226. The van der Waals surface area contributed by atoms with Gasteiger partial charge in [-0.15, -0.1) is 0 Å². The van der Waals surface area contributed by atoms with Crippen molar-refractivity contribution in [1.29, 1.82) is 0 Å². The van der Waals surface area contributed by atoms with Gasteiger partial charge in [0.05, 0.1) is 33.1 Å². The lowest BCUT2D eigenvalue weighted by molar-refractivity contribution is -0.137. The standard InChI is InChI=1S/C30H29ClF3N7O2/c1-35-29-37-13-10-24(39-29)21-5-4-12-36-28(21)43-20-7-8-23(31)25(16-20)38-27(42)22-15-18(30(32,33)34)6-9-26(22)41-14-11-19(17-41)40(2)3/h4-10,12-13,15-16,19H,11,14,17H2,1-3H3,(H,38,42)(H,35,37,39). The lowest BCUT2D eigenvalue weighted by Crippen LogP contribution is -2.32. The molecule has 5 rings (SSSR count). The summed E-state index contributed by atoms with van der Waals surface area (Å²) in [6.07, 6.45) is -0.632. The van der Waals surface area contributed by atoms with Crippen molar-refractivity contribution < 1.29 is 22.7 Å². The van der Waals surface area contributed by atoms with E-state index in [4.69, 9.17) is 16.3 Å². The second-order valence-electron chi connectivity index (χ2n) is 10.2. The number of aromatic nitrogens is 3. The van der Waals surface area contributed by atoms with Gasteiger partial charge in [0.25, 0.3) is 5.91 Å². The molecule has 2 aromatic carbocycles. The molecular formula is C30H29ClF3N7O2. The number of alkyl halides is 3. The number of pyridine rings is 1. The van der Waals surface area contributed by atoms with Crippen LogP contribution in [0.3, 0.4) is 0 Å². The average Bonchev–Trinajstić information content (AvgIpc) is 3.49. The number of anilines is 3. The minimum Gasteiger partial charge on any atom is -0.438 e. The van der Waals surface area contributed by atoms with Gasteiger partial charge in [-0.3, -0.25) is 4.79 Å². The van der Waals surface area contributed by atoms with E-state index in [-0.39, 0.29) is 28.2 Å². The number of hydrogen-bond donors (Lipinski definition) is 2. The number of ether oxygens (including phenoxy) is 1. The number of benzene rings is 2. The minimum atomic E-state index is -4.62. The first kappa shape index (κ1) is 30.1. The van der Waals surface area contributed by atoms with Gasteiger partial charge in [-0.2, -0.15) is 13.2 Å². The molecular weight excluding hydrogens is 583 g/mol. The third-order valence-electron chi connectivity index (χ3n) is 7.13. The van der Waals surface area contributed by atoms with Gasteiger partial charge in [-0.25, -0.2) is 15.0 Å². The number of hydrogen-bond acceptors (Lipinski definition) is 8. The molecule has 0 aliphatic carbocycles. The molecule has 0 radical (unpaired) electrons. The lowest BCUT2D eigenvalue weighted by atomic mass is 10.1. The molecule has 1 fully saturated rings. The number of halogens is 4. The Morgan fingerprint density at radius 2 is 1.91 bits per heavy atom. The van der Waals surface area contributed by atoms with E-state index in [0.717, 1.165) is 18.6 Å². The van der Waals surface area contributed by atoms with Gasteiger partial charge in [0.2, 0.25) is 11.8 Å². The van der Waals surface area contributed by atoms with E-state index in [2.05, 4.69) is 30.5 Å². The smallest absolute Gasteiger partial charge is 0.416 e. The van der Waals surface area contributed by atoms with Crippen LogP contribution in [0.1, 0.15) is 22.3 Å². The fourth-order valence-corrected chi connectivity index (χ4v) is 4.98. The molecule has 1 atom stereocenters. The first-order valence-electron chi connectivity index (χ1n) is 13.4. The molecule has 2 N–H and O–H groups in total. The highest BCUT2D eigenvalue weighted by Crippen LogP contribution is 2.37. The van der Waals surface area contributed by atoms with Crippen molar-refractivity contribution in [3.8, 4) is 22.9 Å². The van der Waals surface area contributed by atoms with Crippen LogP contribution in [0.15, 0.2) is 67.0 Å². The summed E-state index contributed by atoms with van der Waals surface area (Å²) in [4.78, 5) is 30.5. The molecule has 1 aliphatic rings. The molecule has 1 unspecified atom stereocenters. The number of rotatable bonds is 8. The second kappa shape index (κ2) is 12.4. The predicted octanol–water partition coefficient (Wildman–Crippen LogP) is 6.44. The molecule has 9 nitrogen and oxygen atoms in total. The number of likely N-dealkylation sites (N-methyl/N-ethyl adjacent to an activating group) is 1. The van der Waals surface area contributed by atoms with Crippen LogP contribution in [-0.4, -0.2) is 66.0 Å². The Hall–Kier alpha value is -4.42. The van der Waals surface area contributed by atoms with Gasteiger partial charge in [0.15, 0.2) is 0 Å². The minimum absolute atomic E-state index is 0.104. The zero-order chi connectivity index (χ0) is 30.7. The molecule has 224 valence electrons. The largest absolute Gasteiger partial charge is 0.438 e. The van der Waals surface area contributed by atoms with E-state index < -0.39 is 17.6 Å². The SMILES string of the molecule is CNc1nccc(-c2cccnc2Oc2ccc(Cl)c(NC(=O)c3cc(C(F)(F)F)ccc3N3CCC(N(C)C)C3)c2)n1. The molecule has 4 aromatic rings. The quantitative estimate of drug-likeness (QED) is 0.235. The van der Waals surface area contributed by atoms with Crippen LogP contribution in [0.2, 0.25) is 5.02 Å². The van der Waals surface area contributed by atoms with Crippen molar-refractivity contribution in [3.63, 3.8) is 0 Å². The number of carbonyl (C=O) groups is 1. The Morgan fingerprint density at radius 3 is 2.63 bits per heavy atom. The van der Waals surface area contributed by atoms with E-state index in [1.165, 1.54) is 18.2 Å². The second-order valence-corrected chi connectivity index (χ2v) is 10.6. The van der Waals surface area contributed by atoms with Gasteiger partial charge in [-0.1, -0.05) is 11.6 Å². The van der Waals surface area contributed by atoms with Gasteiger partial charge in [0.1, 0.15) is 5.75 Å². The zero-order valence-electron chi connectivity index (χ0n) is 23.6. The maximum absolute atomic E-state index is 13.6. The van der Waals surface area contributed by atoms with Gasteiger partial charge >= 0.3 is 6.18 Å². The van der Waals surface area contributed by atoms with Crippen LogP contribution in [0.5, 0.6) is 11.6 Å². The Morgan fingerprint density at radius 1 is 1.09 bits per heavy atom. The third-order valence-corrected chi connectivity index (χ3v) is 7.46. The lowest BCUT2D eigenvalue weighted by Gasteiger charge is -2.24. The van der Waals surface area contributed by atoms with Crippen LogP contribution in [-0.2, 0) is 6.18 Å². The van der Waals surface area contributed by atoms with Crippen molar-refractivity contribution >= 4 is 34.8 Å². The number of nitrogens with one attached hydrogen (secondary N) is 2. The molecule has 13 heteroatoms. The molecule has 43 heavy (non-hydrogen) atoms. The first-order chi connectivity index (χ1) is 20.5. The number of carbonyl (C=O) groups excluding carboxylic acids is 1. The maximum Gasteiger partial charge on any atom is 0.416 e. The first-order valence-corrected chi connectivity index (χ1v) is 13.8. The molecule has 2 aromatic heterocycles. The third kappa shape index (κ3) is 6.81. The van der Waals surface area contributed by atoms with Crippen LogP contribution in [0.4, 0.5) is 30.5 Å². The highest BCUT2D eigenvalue weighted by molar-refractivity contribution is 6.34. The molecule has 3 heterocycles. The number of amides is 1. The Balaban J connectivity index is 1.44. The highest BCUT2D eigenvalue weighted by Gasteiger charge is 2.34. The van der Waals surface area contributed by atoms with E-state index >= 15 is 0 Å². The number of nitrogens with zero attached hydrogens (tertiary/aromatic N) is 5. The predicted molar refractivity (Wildman–Crippen MR) is 160 cm³/mol. The summed E-state index contributed by atoms with van der Waals surface area (Å²) in [5.41, 5.74) is 0.728. The summed E-state index contributed by atoms with van der Waals surface area (Å²) in [5, 5.41) is 5.75. The topological polar surface area (TPSA) is 95.5 Å². The fourth-order valence-electron chi connectivity index (χ4n) is 4.81. The molecule has 1 saturated heterocycles. The van der Waals surface area contributed by atoms with Crippen LogP contribution < -0.4 is 20.3 Å². The van der Waals surface area contributed by atoms with E-state index in [1.807, 2.05) is 19.0 Å². The zero-order valence-corrected chi connectivity index (χ0v) is 24.4. The Labute approximate surface area is 251 Å². The monoisotopic (exact) mass is 611 g/mol. The Bertz CT molecular complexity index is 1630. The summed E-state index contributed by atoms with van der Waals surface area (Å²) < 4.78 is 47.0. The van der Waals surface area contributed by atoms with E-state index in [1.54, 1.807) is 43.7 Å². The molecule has 0 bridgehead atoms. The molecule has 1 amide bonds. The van der Waals surface area contributed by atoms with Gasteiger partial charge in [0, 0.05) is 50.3 Å². The van der Waals surface area contributed by atoms with E-state index in [0.29, 0.717) is 41.7 Å². The summed E-state index contributed by atoms with van der Waals surface area (Å²) in [6, 6.07) is 13.3. The molecule has 1 aliphatic heterocycles. The summed E-state index contributed by atoms with van der Waals surface area (Å²) in [6.45, 7) is 1.18. The average molecular weight is 612 g/mol. The van der Waals surface area contributed by atoms with Crippen LogP contribution in [0, 0.1) is 0 Å². The van der Waals surface area contributed by atoms with Crippen molar-refractivity contribution in [2.75, 3.05) is 49.8 Å². The van der Waals surface area contributed by atoms with Crippen molar-refractivity contribution in [1.82, 2.24) is 19.9 Å². The van der Waals surface area contributed by atoms with Gasteiger partial charge < -0.3 is 25.2 Å². The fraction of sp³-hybridized carbons (Fsp3) is 0.267. The van der Waals surface area contributed by atoms with E-state index in [9.17, 15) is 18.0 Å². The summed E-state index contributed by atoms with van der Waals surface area (Å²) in [7, 11) is 5.61. The maximum atomic E-state index is 13.6. The van der Waals surface area contributed by atoms with Crippen LogP contribution in [0.25, 0.3) is 11.3 Å². The summed E-state index contributed by atoms with van der Waals surface area (Å²) >= 11 is 6.41.